The van der Waals surface area contributed by atoms with Gasteiger partial charge in [-0.15, -0.1) is 0 Å². The molecule has 0 bridgehead atoms. The number of hydrogen-bond acceptors (Lipinski definition) is 3. The first-order valence-electron chi connectivity index (χ1n) is 4.80. The third-order valence-corrected chi connectivity index (χ3v) is 2.90. The highest BCUT2D eigenvalue weighted by Gasteiger charge is 2.18. The fourth-order valence-corrected chi connectivity index (χ4v) is 1.92. The molecule has 2 rings (SSSR count). The maximum Gasteiger partial charge on any atom is 0.409 e. The van der Waals surface area contributed by atoms with Gasteiger partial charge in [-0.1, -0.05) is 33.2 Å². The summed E-state index contributed by atoms with van der Waals surface area (Å²) in [6.07, 6.45) is -1.15. The lowest BCUT2D eigenvalue weighted by molar-refractivity contribution is 0.209. The summed E-state index contributed by atoms with van der Waals surface area (Å²) < 4.78 is 5.97. The minimum atomic E-state index is -1.15. The molecule has 2 aromatic rings. The monoisotopic (exact) mass is 296 g/mol. The fraction of sp³-hybridized carbons (Fsp3) is 0.0909. The molecule has 1 amide bonds. The molecule has 0 saturated heterocycles. The van der Waals surface area contributed by atoms with Gasteiger partial charge in [0.15, 0.2) is 5.76 Å². The van der Waals surface area contributed by atoms with E-state index in [0.29, 0.717) is 17.1 Å². The minimum Gasteiger partial charge on any atom is -0.465 e. The zero-order chi connectivity index (χ0) is 12.4. The van der Waals surface area contributed by atoms with E-state index in [1.807, 2.05) is 24.3 Å². The third kappa shape index (κ3) is 2.31. The molecule has 5 nitrogen and oxygen atoms in total. The summed E-state index contributed by atoms with van der Waals surface area (Å²) in [6, 6.07) is 7.36. The van der Waals surface area contributed by atoms with Crippen LogP contribution in [0.4, 0.5) is 10.5 Å². The first-order valence-corrected chi connectivity index (χ1v) is 5.60. The van der Waals surface area contributed by atoms with Crippen molar-refractivity contribution in [3.8, 4) is 11.3 Å². The van der Waals surface area contributed by atoms with Crippen molar-refractivity contribution in [1.82, 2.24) is 5.16 Å². The van der Waals surface area contributed by atoms with Crippen LogP contribution in [0.3, 0.4) is 0 Å². The van der Waals surface area contributed by atoms with E-state index in [0.717, 1.165) is 10.0 Å². The molecule has 1 aromatic heterocycles. The van der Waals surface area contributed by atoms with Crippen molar-refractivity contribution < 1.29 is 14.4 Å². The normalized spacial score (nSPS) is 10.2. The highest BCUT2D eigenvalue weighted by atomic mass is 79.9. The van der Waals surface area contributed by atoms with Gasteiger partial charge in [-0.05, 0) is 19.1 Å². The maximum atomic E-state index is 10.7. The predicted molar refractivity (Wildman–Crippen MR) is 66.0 cm³/mol. The second-order valence-corrected chi connectivity index (χ2v) is 4.24. The van der Waals surface area contributed by atoms with Gasteiger partial charge in [0.05, 0.1) is 0 Å². The smallest absolute Gasteiger partial charge is 0.409 e. The summed E-state index contributed by atoms with van der Waals surface area (Å²) in [5, 5.41) is 14.8. The SMILES string of the molecule is Cc1noc(-c2ccccc2Br)c1NC(=O)O. The van der Waals surface area contributed by atoms with Crippen molar-refractivity contribution >= 4 is 27.7 Å². The van der Waals surface area contributed by atoms with Crippen LogP contribution in [-0.2, 0) is 0 Å². The molecular weight excluding hydrogens is 288 g/mol. The van der Waals surface area contributed by atoms with Crippen LogP contribution < -0.4 is 5.32 Å². The molecule has 0 radical (unpaired) electrons. The number of nitrogens with one attached hydrogen (secondary N) is 1. The summed E-state index contributed by atoms with van der Waals surface area (Å²) in [6.45, 7) is 1.68. The number of anilines is 1. The van der Waals surface area contributed by atoms with E-state index >= 15 is 0 Å². The number of aryl methyl sites for hydroxylation is 1. The van der Waals surface area contributed by atoms with Crippen LogP contribution >= 0.6 is 15.9 Å². The second-order valence-electron chi connectivity index (χ2n) is 3.38. The van der Waals surface area contributed by atoms with Crippen molar-refractivity contribution in [1.29, 1.82) is 0 Å². The molecule has 88 valence electrons. The van der Waals surface area contributed by atoms with E-state index in [-0.39, 0.29) is 0 Å². The Morgan fingerprint density at radius 1 is 1.47 bits per heavy atom. The van der Waals surface area contributed by atoms with Gasteiger partial charge in [0.25, 0.3) is 0 Å². The van der Waals surface area contributed by atoms with Crippen LogP contribution in [0.2, 0.25) is 0 Å². The number of benzene rings is 1. The third-order valence-electron chi connectivity index (χ3n) is 2.21. The Morgan fingerprint density at radius 3 is 2.82 bits per heavy atom. The molecule has 0 atom stereocenters. The van der Waals surface area contributed by atoms with Crippen LogP contribution in [0.25, 0.3) is 11.3 Å². The number of amides is 1. The van der Waals surface area contributed by atoms with Gasteiger partial charge in [0, 0.05) is 10.0 Å². The molecule has 0 spiro atoms. The molecule has 2 N–H and O–H groups in total. The van der Waals surface area contributed by atoms with Gasteiger partial charge >= 0.3 is 6.09 Å². The zero-order valence-electron chi connectivity index (χ0n) is 8.90. The Balaban J connectivity index is 2.53. The van der Waals surface area contributed by atoms with Crippen LogP contribution in [0, 0.1) is 6.92 Å². The van der Waals surface area contributed by atoms with Crippen LogP contribution in [-0.4, -0.2) is 16.4 Å². The molecule has 17 heavy (non-hydrogen) atoms. The van der Waals surface area contributed by atoms with Crippen molar-refractivity contribution in [3.63, 3.8) is 0 Å². The van der Waals surface area contributed by atoms with Crippen LogP contribution in [0.15, 0.2) is 33.3 Å². The summed E-state index contributed by atoms with van der Waals surface area (Å²) in [4.78, 5) is 10.7. The van der Waals surface area contributed by atoms with Gasteiger partial charge in [0.2, 0.25) is 0 Å². The Labute approximate surface area is 106 Å². The number of rotatable bonds is 2. The Morgan fingerprint density at radius 2 is 2.18 bits per heavy atom. The number of carboxylic acid groups (broad SMARTS) is 1. The van der Waals surface area contributed by atoms with Crippen LogP contribution in [0.5, 0.6) is 0 Å². The molecule has 1 heterocycles. The zero-order valence-corrected chi connectivity index (χ0v) is 10.5. The Bertz CT molecular complexity index is 566. The summed E-state index contributed by atoms with van der Waals surface area (Å²) in [5.74, 6) is 0.400. The van der Waals surface area contributed by atoms with E-state index in [4.69, 9.17) is 9.63 Å². The average molecular weight is 297 g/mol. The molecule has 6 heteroatoms. The Hall–Kier alpha value is -1.82. The lowest BCUT2D eigenvalue weighted by atomic mass is 10.1. The quantitative estimate of drug-likeness (QED) is 0.889. The van der Waals surface area contributed by atoms with Gasteiger partial charge in [-0.25, -0.2) is 4.79 Å². The largest absolute Gasteiger partial charge is 0.465 e. The van der Waals surface area contributed by atoms with E-state index in [1.165, 1.54) is 0 Å². The predicted octanol–water partition coefficient (Wildman–Crippen LogP) is 3.50. The standard InChI is InChI=1S/C11H9BrN2O3/c1-6-9(13-11(15)16)10(17-14-6)7-4-2-3-5-8(7)12/h2-5,13H,1H3,(H,15,16). The van der Waals surface area contributed by atoms with Gasteiger partial charge in [-0.2, -0.15) is 0 Å². The summed E-state index contributed by atoms with van der Waals surface area (Å²) in [7, 11) is 0. The molecule has 1 aromatic carbocycles. The van der Waals surface area contributed by atoms with E-state index in [2.05, 4.69) is 26.4 Å². The fourth-order valence-electron chi connectivity index (χ4n) is 1.45. The molecule has 0 saturated carbocycles. The first-order chi connectivity index (χ1) is 8.09. The number of nitrogens with zero attached hydrogens (tertiary/aromatic N) is 1. The number of carbonyl (C=O) groups is 1. The Kier molecular flexibility index (Phi) is 3.14. The van der Waals surface area contributed by atoms with E-state index in [1.54, 1.807) is 6.92 Å². The van der Waals surface area contributed by atoms with Gasteiger partial charge in [0.1, 0.15) is 11.4 Å². The topological polar surface area (TPSA) is 75.4 Å². The number of hydrogen-bond donors (Lipinski definition) is 2. The summed E-state index contributed by atoms with van der Waals surface area (Å²) >= 11 is 3.38. The van der Waals surface area contributed by atoms with E-state index in [9.17, 15) is 4.79 Å². The highest BCUT2D eigenvalue weighted by Crippen LogP contribution is 2.35. The average Bonchev–Trinajstić information content (AvgIpc) is 2.61. The van der Waals surface area contributed by atoms with Gasteiger partial charge < -0.3 is 9.63 Å². The molecule has 0 aliphatic heterocycles. The van der Waals surface area contributed by atoms with Crippen molar-refractivity contribution in [2.75, 3.05) is 5.32 Å². The van der Waals surface area contributed by atoms with Gasteiger partial charge in [-0.3, -0.25) is 5.32 Å². The highest BCUT2D eigenvalue weighted by molar-refractivity contribution is 9.10. The number of halogens is 1. The molecule has 0 fully saturated rings. The lowest BCUT2D eigenvalue weighted by Gasteiger charge is -2.03. The van der Waals surface area contributed by atoms with E-state index < -0.39 is 6.09 Å². The van der Waals surface area contributed by atoms with Crippen molar-refractivity contribution in [2.45, 2.75) is 6.92 Å². The summed E-state index contributed by atoms with van der Waals surface area (Å²) in [5.41, 5.74) is 1.61. The van der Waals surface area contributed by atoms with Crippen molar-refractivity contribution in [2.24, 2.45) is 0 Å². The minimum absolute atomic E-state index is 0.365. The lowest BCUT2D eigenvalue weighted by Crippen LogP contribution is -2.08. The number of aromatic nitrogens is 1. The maximum absolute atomic E-state index is 10.7. The van der Waals surface area contributed by atoms with Crippen LogP contribution in [0.1, 0.15) is 5.69 Å². The first kappa shape index (κ1) is 11.7. The molecule has 0 aliphatic rings. The molecule has 0 unspecified atom stereocenters. The second kappa shape index (κ2) is 4.58. The molecule has 0 aliphatic carbocycles. The molecular formula is C11H9BrN2O3. The van der Waals surface area contributed by atoms with Crippen molar-refractivity contribution in [3.05, 3.63) is 34.4 Å².